The first kappa shape index (κ1) is 23.9. The van der Waals surface area contributed by atoms with Gasteiger partial charge < -0.3 is 14.9 Å². The fourth-order valence-corrected chi connectivity index (χ4v) is 5.21. The number of phenolic OH excluding ortho intramolecular Hbond substituents is 2. The Balaban J connectivity index is 0.00000289. The van der Waals surface area contributed by atoms with Gasteiger partial charge in [-0.25, -0.2) is 8.42 Å². The summed E-state index contributed by atoms with van der Waals surface area (Å²) in [5, 5.41) is 24.5. The summed E-state index contributed by atoms with van der Waals surface area (Å²) in [4.78, 5) is 0.0695. The van der Waals surface area contributed by atoms with Crippen LogP contribution in [0.25, 0.3) is 32.7 Å². The summed E-state index contributed by atoms with van der Waals surface area (Å²) in [7, 11) is -2.44. The smallest absolute Gasteiger partial charge is 0.261 e. The van der Waals surface area contributed by atoms with Gasteiger partial charge in [0.25, 0.3) is 10.0 Å². The lowest BCUT2D eigenvalue weighted by Gasteiger charge is -2.17. The number of fused-ring (bicyclic) bond motifs is 2. The molecule has 0 saturated carbocycles. The van der Waals surface area contributed by atoms with E-state index in [9.17, 15) is 18.6 Å². The van der Waals surface area contributed by atoms with E-state index in [1.54, 1.807) is 54.6 Å². The van der Waals surface area contributed by atoms with Gasteiger partial charge in [-0.15, -0.1) is 0 Å². The standard InChI is InChI=1S/C27H21NO5S.CH4/c1-33-18-11-13-19(14-12-18)34(31,32)28-24-16-23(27(30)22-9-5-4-8-21(22)24)26-20-7-3-2-6-17(20)10-15-25(26)29;/h2-16,28-30H,1H3;1H4. The van der Waals surface area contributed by atoms with Crippen LogP contribution >= 0.6 is 0 Å². The Morgan fingerprint density at radius 1 is 0.771 bits per heavy atom. The third-order valence-corrected chi connectivity index (χ3v) is 7.19. The highest BCUT2D eigenvalue weighted by molar-refractivity contribution is 7.92. The van der Waals surface area contributed by atoms with Crippen LogP contribution in [0.3, 0.4) is 0 Å². The van der Waals surface area contributed by atoms with E-state index in [1.807, 2.05) is 24.3 Å². The molecule has 0 heterocycles. The lowest BCUT2D eigenvalue weighted by atomic mass is 9.93. The maximum atomic E-state index is 13.2. The maximum absolute atomic E-state index is 13.2. The predicted molar refractivity (Wildman–Crippen MR) is 141 cm³/mol. The fourth-order valence-electron chi connectivity index (χ4n) is 4.14. The molecule has 0 aromatic heterocycles. The molecule has 35 heavy (non-hydrogen) atoms. The number of phenols is 2. The molecule has 0 bridgehead atoms. The number of nitrogens with one attached hydrogen (secondary N) is 1. The van der Waals surface area contributed by atoms with Gasteiger partial charge in [0, 0.05) is 21.9 Å². The molecule has 6 nitrogen and oxygen atoms in total. The molecule has 0 aliphatic carbocycles. The zero-order valence-corrected chi connectivity index (χ0v) is 19.0. The van der Waals surface area contributed by atoms with E-state index < -0.39 is 10.0 Å². The average molecular weight is 488 g/mol. The largest absolute Gasteiger partial charge is 0.507 e. The molecule has 5 aromatic carbocycles. The quantitative estimate of drug-likeness (QED) is 0.245. The normalized spacial score (nSPS) is 11.2. The number of hydrogen-bond donors (Lipinski definition) is 3. The molecule has 0 unspecified atom stereocenters. The van der Waals surface area contributed by atoms with E-state index in [0.717, 1.165) is 10.8 Å². The van der Waals surface area contributed by atoms with Gasteiger partial charge in [0.2, 0.25) is 0 Å². The Morgan fingerprint density at radius 2 is 1.40 bits per heavy atom. The van der Waals surface area contributed by atoms with Crippen LogP contribution in [-0.4, -0.2) is 25.7 Å². The van der Waals surface area contributed by atoms with E-state index in [1.165, 1.54) is 19.2 Å². The Bertz CT molecular complexity index is 1640. The molecule has 0 fully saturated rings. The molecule has 3 N–H and O–H groups in total. The Hall–Kier alpha value is -4.23. The molecular formula is C28H25NO5S. The summed E-state index contributed by atoms with van der Waals surface area (Å²) < 4.78 is 34.2. The van der Waals surface area contributed by atoms with Crippen molar-refractivity contribution in [2.24, 2.45) is 0 Å². The Kier molecular flexibility index (Phi) is 6.28. The summed E-state index contributed by atoms with van der Waals surface area (Å²) in [6.45, 7) is 0. The SMILES string of the molecule is C.COc1ccc(S(=O)(=O)Nc2cc(-c3c(O)ccc4ccccc34)c(O)c3ccccc23)cc1. The zero-order valence-electron chi connectivity index (χ0n) is 18.2. The summed E-state index contributed by atoms with van der Waals surface area (Å²) in [6, 6.07) is 25.4. The number of hydrogen-bond acceptors (Lipinski definition) is 5. The van der Waals surface area contributed by atoms with Crippen molar-refractivity contribution in [2.75, 3.05) is 11.8 Å². The molecule has 0 radical (unpaired) electrons. The van der Waals surface area contributed by atoms with Crippen LogP contribution in [0.2, 0.25) is 0 Å². The van der Waals surface area contributed by atoms with Gasteiger partial charge in [-0.2, -0.15) is 0 Å². The second kappa shape index (κ2) is 9.19. The number of rotatable bonds is 5. The third-order valence-electron chi connectivity index (χ3n) is 5.81. The number of ether oxygens (including phenoxy) is 1. The van der Waals surface area contributed by atoms with Crippen molar-refractivity contribution in [3.63, 3.8) is 0 Å². The average Bonchev–Trinajstić information content (AvgIpc) is 2.86. The highest BCUT2D eigenvalue weighted by atomic mass is 32.2. The molecule has 0 atom stereocenters. The van der Waals surface area contributed by atoms with Crippen LogP contribution in [-0.2, 0) is 10.0 Å². The van der Waals surface area contributed by atoms with Gasteiger partial charge in [-0.1, -0.05) is 62.0 Å². The molecule has 178 valence electrons. The fraction of sp³-hybridized carbons (Fsp3) is 0.0714. The van der Waals surface area contributed by atoms with E-state index in [0.29, 0.717) is 27.6 Å². The summed E-state index contributed by atoms with van der Waals surface area (Å²) >= 11 is 0. The van der Waals surface area contributed by atoms with Crippen molar-refractivity contribution in [1.29, 1.82) is 0 Å². The number of anilines is 1. The molecule has 7 heteroatoms. The first-order chi connectivity index (χ1) is 16.4. The number of benzene rings is 5. The Labute approximate surface area is 204 Å². The number of aromatic hydroxyl groups is 2. The van der Waals surface area contributed by atoms with E-state index in [-0.39, 0.29) is 29.5 Å². The van der Waals surface area contributed by atoms with Crippen molar-refractivity contribution < 1.29 is 23.4 Å². The van der Waals surface area contributed by atoms with Crippen molar-refractivity contribution in [3.8, 4) is 28.4 Å². The van der Waals surface area contributed by atoms with Crippen LogP contribution in [0.5, 0.6) is 17.2 Å². The second-order valence-electron chi connectivity index (χ2n) is 7.83. The molecule has 0 amide bonds. The minimum atomic E-state index is -3.94. The molecule has 0 aliphatic rings. The van der Waals surface area contributed by atoms with E-state index in [2.05, 4.69) is 4.72 Å². The van der Waals surface area contributed by atoms with Crippen molar-refractivity contribution in [1.82, 2.24) is 0 Å². The topological polar surface area (TPSA) is 95.9 Å². The number of methoxy groups -OCH3 is 1. The summed E-state index contributed by atoms with van der Waals surface area (Å²) in [5.74, 6) is 0.477. The van der Waals surface area contributed by atoms with E-state index in [4.69, 9.17) is 4.74 Å². The summed E-state index contributed by atoms with van der Waals surface area (Å²) in [6.07, 6.45) is 0. The van der Waals surface area contributed by atoms with Gasteiger partial charge in [-0.05, 0) is 47.2 Å². The van der Waals surface area contributed by atoms with Gasteiger partial charge in [0.15, 0.2) is 0 Å². The first-order valence-electron chi connectivity index (χ1n) is 10.5. The molecule has 0 spiro atoms. The molecule has 0 saturated heterocycles. The van der Waals surface area contributed by atoms with Crippen LogP contribution in [0.1, 0.15) is 7.43 Å². The molecule has 0 aliphatic heterocycles. The van der Waals surface area contributed by atoms with E-state index >= 15 is 0 Å². The van der Waals surface area contributed by atoms with Gasteiger partial charge in [0.1, 0.15) is 17.2 Å². The Morgan fingerprint density at radius 3 is 2.09 bits per heavy atom. The lowest BCUT2D eigenvalue weighted by Crippen LogP contribution is -2.13. The zero-order chi connectivity index (χ0) is 23.9. The highest BCUT2D eigenvalue weighted by Gasteiger charge is 2.21. The van der Waals surface area contributed by atoms with Crippen LogP contribution in [0.4, 0.5) is 5.69 Å². The van der Waals surface area contributed by atoms with Crippen molar-refractivity contribution in [2.45, 2.75) is 12.3 Å². The first-order valence-corrected chi connectivity index (χ1v) is 12.0. The number of sulfonamides is 1. The highest BCUT2D eigenvalue weighted by Crippen LogP contribution is 2.46. The van der Waals surface area contributed by atoms with Crippen molar-refractivity contribution in [3.05, 3.63) is 91.0 Å². The third kappa shape index (κ3) is 4.22. The maximum Gasteiger partial charge on any atom is 0.261 e. The van der Waals surface area contributed by atoms with Gasteiger partial charge >= 0.3 is 0 Å². The minimum absolute atomic E-state index is 0. The predicted octanol–water partition coefficient (Wildman–Crippen LogP) is 6.52. The van der Waals surface area contributed by atoms with Gasteiger partial charge in [-0.3, -0.25) is 4.72 Å². The molecule has 5 aromatic rings. The monoisotopic (exact) mass is 487 g/mol. The van der Waals surface area contributed by atoms with Crippen LogP contribution in [0.15, 0.2) is 95.9 Å². The van der Waals surface area contributed by atoms with Crippen LogP contribution in [0, 0.1) is 0 Å². The lowest BCUT2D eigenvalue weighted by molar-refractivity contribution is 0.414. The van der Waals surface area contributed by atoms with Crippen molar-refractivity contribution >= 4 is 37.3 Å². The summed E-state index contributed by atoms with van der Waals surface area (Å²) in [5.41, 5.74) is 1.03. The molecular weight excluding hydrogens is 462 g/mol. The molecule has 5 rings (SSSR count). The minimum Gasteiger partial charge on any atom is -0.507 e. The van der Waals surface area contributed by atoms with Crippen LogP contribution < -0.4 is 9.46 Å². The second-order valence-corrected chi connectivity index (χ2v) is 9.51. The van der Waals surface area contributed by atoms with Gasteiger partial charge in [0.05, 0.1) is 17.7 Å².